The lowest BCUT2D eigenvalue weighted by atomic mass is 9.99. The highest BCUT2D eigenvalue weighted by atomic mass is 16.1. The van der Waals surface area contributed by atoms with E-state index >= 15 is 0 Å². The van der Waals surface area contributed by atoms with Crippen LogP contribution >= 0.6 is 0 Å². The van der Waals surface area contributed by atoms with E-state index in [0.29, 0.717) is 5.56 Å². The fraction of sp³-hybridized carbons (Fsp3) is 0.261. The van der Waals surface area contributed by atoms with Gasteiger partial charge in [-0.2, -0.15) is 0 Å². The number of nitrogens with one attached hydrogen (secondary N) is 1. The number of carbonyl (C=O) groups is 1. The van der Waals surface area contributed by atoms with Crippen LogP contribution in [-0.2, 0) is 0 Å². The Labute approximate surface area is 154 Å². The summed E-state index contributed by atoms with van der Waals surface area (Å²) in [6.45, 7) is 4.55. The number of nitrogens with zero attached hydrogens (tertiary/aromatic N) is 1. The fourth-order valence-electron chi connectivity index (χ4n) is 3.56. The van der Waals surface area contributed by atoms with Crippen molar-refractivity contribution in [2.45, 2.75) is 19.8 Å². The third-order valence-electron chi connectivity index (χ3n) is 5.29. The van der Waals surface area contributed by atoms with Gasteiger partial charge in [0.2, 0.25) is 0 Å². The van der Waals surface area contributed by atoms with Crippen molar-refractivity contribution in [1.82, 2.24) is 0 Å². The minimum absolute atomic E-state index is 0.0738. The first-order chi connectivity index (χ1) is 12.7. The van der Waals surface area contributed by atoms with Gasteiger partial charge in [-0.3, -0.25) is 4.79 Å². The van der Waals surface area contributed by atoms with Crippen LogP contribution in [0.2, 0.25) is 0 Å². The maximum atomic E-state index is 12.6. The third kappa shape index (κ3) is 3.57. The van der Waals surface area contributed by atoms with Gasteiger partial charge in [-0.15, -0.1) is 0 Å². The highest BCUT2D eigenvalue weighted by Crippen LogP contribution is 2.24. The Bertz CT molecular complexity index is 909. The predicted molar refractivity (Wildman–Crippen MR) is 109 cm³/mol. The average Bonchev–Trinajstić information content (AvgIpc) is 2.69. The molecule has 4 rings (SSSR count). The summed E-state index contributed by atoms with van der Waals surface area (Å²) in [5, 5.41) is 5.22. The SMILES string of the molecule is CC1CCN(c2ccc(NC(=O)c3ccc4ccccc4c3)cc2)CC1. The van der Waals surface area contributed by atoms with Gasteiger partial charge in [0.25, 0.3) is 5.91 Å². The minimum atomic E-state index is -0.0738. The monoisotopic (exact) mass is 344 g/mol. The van der Waals surface area contributed by atoms with E-state index in [4.69, 9.17) is 0 Å². The molecule has 0 unspecified atom stereocenters. The van der Waals surface area contributed by atoms with Gasteiger partial charge in [0, 0.05) is 30.0 Å². The Morgan fingerprint density at radius 3 is 2.35 bits per heavy atom. The molecule has 0 radical (unpaired) electrons. The Kier molecular flexibility index (Phi) is 4.61. The van der Waals surface area contributed by atoms with E-state index in [0.717, 1.165) is 35.5 Å². The molecule has 1 fully saturated rings. The predicted octanol–water partition coefficient (Wildman–Crippen LogP) is 5.33. The van der Waals surface area contributed by atoms with Gasteiger partial charge in [-0.25, -0.2) is 0 Å². The number of amides is 1. The number of hydrogen-bond donors (Lipinski definition) is 1. The molecular weight excluding hydrogens is 320 g/mol. The quantitative estimate of drug-likeness (QED) is 0.696. The van der Waals surface area contributed by atoms with E-state index < -0.39 is 0 Å². The molecule has 0 spiro atoms. The molecule has 1 amide bonds. The summed E-state index contributed by atoms with van der Waals surface area (Å²) in [5.41, 5.74) is 2.75. The van der Waals surface area contributed by atoms with E-state index in [9.17, 15) is 4.79 Å². The molecule has 0 atom stereocenters. The van der Waals surface area contributed by atoms with Crippen molar-refractivity contribution in [2.75, 3.05) is 23.3 Å². The average molecular weight is 344 g/mol. The zero-order valence-corrected chi connectivity index (χ0v) is 15.1. The standard InChI is InChI=1S/C23H24N2O/c1-17-12-14-25(15-13-17)22-10-8-21(9-11-22)24-23(26)20-7-6-18-4-2-3-5-19(18)16-20/h2-11,16-17H,12-15H2,1H3,(H,24,26). The zero-order chi connectivity index (χ0) is 17.9. The highest BCUT2D eigenvalue weighted by molar-refractivity contribution is 6.06. The van der Waals surface area contributed by atoms with Crippen molar-refractivity contribution >= 4 is 28.1 Å². The van der Waals surface area contributed by atoms with Crippen LogP contribution in [0.4, 0.5) is 11.4 Å². The normalized spacial score (nSPS) is 15.2. The molecule has 3 nitrogen and oxygen atoms in total. The number of rotatable bonds is 3. The molecule has 0 aromatic heterocycles. The highest BCUT2D eigenvalue weighted by Gasteiger charge is 2.16. The molecule has 0 saturated carbocycles. The van der Waals surface area contributed by atoms with E-state index in [-0.39, 0.29) is 5.91 Å². The van der Waals surface area contributed by atoms with Crippen LogP contribution in [0.25, 0.3) is 10.8 Å². The number of benzene rings is 3. The summed E-state index contributed by atoms with van der Waals surface area (Å²) in [6, 6.07) is 22.1. The molecule has 3 aromatic rings. The first-order valence-electron chi connectivity index (χ1n) is 9.34. The molecule has 0 aliphatic carbocycles. The minimum Gasteiger partial charge on any atom is -0.372 e. The second kappa shape index (κ2) is 7.20. The van der Waals surface area contributed by atoms with E-state index in [1.165, 1.54) is 18.5 Å². The van der Waals surface area contributed by atoms with Crippen LogP contribution in [0.5, 0.6) is 0 Å². The number of fused-ring (bicyclic) bond motifs is 1. The van der Waals surface area contributed by atoms with Gasteiger partial charge in [0.1, 0.15) is 0 Å². The van der Waals surface area contributed by atoms with Crippen LogP contribution < -0.4 is 10.2 Å². The maximum absolute atomic E-state index is 12.6. The van der Waals surface area contributed by atoms with Gasteiger partial charge in [0.05, 0.1) is 0 Å². The van der Waals surface area contributed by atoms with Crippen molar-refractivity contribution in [1.29, 1.82) is 0 Å². The molecule has 3 heteroatoms. The van der Waals surface area contributed by atoms with E-state index in [2.05, 4.69) is 35.3 Å². The Morgan fingerprint density at radius 1 is 0.923 bits per heavy atom. The second-order valence-electron chi connectivity index (χ2n) is 7.23. The van der Waals surface area contributed by atoms with Gasteiger partial charge >= 0.3 is 0 Å². The summed E-state index contributed by atoms with van der Waals surface area (Å²) in [6.07, 6.45) is 2.50. The lowest BCUT2D eigenvalue weighted by Gasteiger charge is -2.32. The van der Waals surface area contributed by atoms with Crippen molar-refractivity contribution in [2.24, 2.45) is 5.92 Å². The topological polar surface area (TPSA) is 32.3 Å². The molecule has 26 heavy (non-hydrogen) atoms. The summed E-state index contributed by atoms with van der Waals surface area (Å²) in [4.78, 5) is 15.0. The van der Waals surface area contributed by atoms with Crippen LogP contribution in [-0.4, -0.2) is 19.0 Å². The van der Waals surface area contributed by atoms with E-state index in [1.54, 1.807) is 0 Å². The van der Waals surface area contributed by atoms with Crippen LogP contribution in [0.15, 0.2) is 66.7 Å². The van der Waals surface area contributed by atoms with Crippen LogP contribution in [0.3, 0.4) is 0 Å². The van der Waals surface area contributed by atoms with Gasteiger partial charge in [-0.1, -0.05) is 37.3 Å². The Morgan fingerprint density at radius 2 is 1.62 bits per heavy atom. The second-order valence-corrected chi connectivity index (χ2v) is 7.23. The molecule has 1 N–H and O–H groups in total. The summed E-state index contributed by atoms with van der Waals surface area (Å²) >= 11 is 0. The maximum Gasteiger partial charge on any atom is 0.255 e. The number of hydrogen-bond acceptors (Lipinski definition) is 2. The van der Waals surface area contributed by atoms with Gasteiger partial charge < -0.3 is 10.2 Å². The molecule has 132 valence electrons. The van der Waals surface area contributed by atoms with Crippen molar-refractivity contribution in [3.63, 3.8) is 0 Å². The summed E-state index contributed by atoms with van der Waals surface area (Å²) in [7, 11) is 0. The zero-order valence-electron chi connectivity index (χ0n) is 15.1. The van der Waals surface area contributed by atoms with Crippen LogP contribution in [0, 0.1) is 5.92 Å². The first-order valence-corrected chi connectivity index (χ1v) is 9.34. The molecule has 0 bridgehead atoms. The molecule has 1 aliphatic rings. The summed E-state index contributed by atoms with van der Waals surface area (Å²) < 4.78 is 0. The van der Waals surface area contributed by atoms with E-state index in [1.807, 2.05) is 48.5 Å². The van der Waals surface area contributed by atoms with Crippen LogP contribution in [0.1, 0.15) is 30.1 Å². The van der Waals surface area contributed by atoms with Crippen molar-refractivity contribution in [3.05, 3.63) is 72.3 Å². The smallest absolute Gasteiger partial charge is 0.255 e. The third-order valence-corrected chi connectivity index (χ3v) is 5.29. The lowest BCUT2D eigenvalue weighted by Crippen LogP contribution is -2.32. The van der Waals surface area contributed by atoms with Gasteiger partial charge in [-0.05, 0) is 65.9 Å². The Hall–Kier alpha value is -2.81. The number of anilines is 2. The lowest BCUT2D eigenvalue weighted by molar-refractivity contribution is 0.102. The number of carbonyl (C=O) groups excluding carboxylic acids is 1. The largest absolute Gasteiger partial charge is 0.372 e. The van der Waals surface area contributed by atoms with Gasteiger partial charge in [0.15, 0.2) is 0 Å². The fourth-order valence-corrected chi connectivity index (χ4v) is 3.56. The van der Waals surface area contributed by atoms with Crippen molar-refractivity contribution < 1.29 is 4.79 Å². The molecular formula is C23H24N2O. The molecule has 1 heterocycles. The summed E-state index contributed by atoms with van der Waals surface area (Å²) in [5.74, 6) is 0.752. The Balaban J connectivity index is 1.45. The first kappa shape index (κ1) is 16.6. The van der Waals surface area contributed by atoms with Crippen molar-refractivity contribution in [3.8, 4) is 0 Å². The molecule has 1 saturated heterocycles. The number of piperidine rings is 1. The molecule has 3 aromatic carbocycles. The molecule has 1 aliphatic heterocycles.